The normalized spacial score (nSPS) is 14.2. The molecule has 2 heteroatoms. The molecule has 0 bridgehead atoms. The molecule has 248 valence electrons. The second-order valence-corrected chi connectivity index (χ2v) is 14.2. The largest absolute Gasteiger partial charge is 0.507 e. The van der Waals surface area contributed by atoms with Crippen LogP contribution in [0.5, 0.6) is 11.5 Å². The van der Waals surface area contributed by atoms with Crippen LogP contribution in [0.15, 0.2) is 146 Å². The van der Waals surface area contributed by atoms with Crippen molar-refractivity contribution in [2.45, 2.75) is 70.6 Å². The van der Waals surface area contributed by atoms with Gasteiger partial charge in [0.2, 0.25) is 0 Å². The van der Waals surface area contributed by atoms with Crippen LogP contribution in [0.1, 0.15) is 121 Å². The molecule has 0 amide bonds. The predicted octanol–water partition coefficient (Wildman–Crippen LogP) is 12.0. The zero-order valence-electron chi connectivity index (χ0n) is 29.6. The summed E-state index contributed by atoms with van der Waals surface area (Å²) in [6.45, 7) is 13.3. The quantitative estimate of drug-likeness (QED) is 0.156. The molecule has 0 radical (unpaired) electrons. The molecular formula is C47H48O2. The minimum Gasteiger partial charge on any atom is -0.507 e. The molecule has 0 saturated heterocycles. The summed E-state index contributed by atoms with van der Waals surface area (Å²) < 4.78 is 0. The Hall–Kier alpha value is -5.08. The molecule has 6 aromatic carbocycles. The first-order chi connectivity index (χ1) is 23.6. The second-order valence-electron chi connectivity index (χ2n) is 14.2. The summed E-state index contributed by atoms with van der Waals surface area (Å²) in [4.78, 5) is 0. The van der Waals surface area contributed by atoms with Crippen molar-refractivity contribution in [1.82, 2.24) is 0 Å². The highest BCUT2D eigenvalue weighted by Crippen LogP contribution is 2.47. The first kappa shape index (κ1) is 33.8. The molecule has 0 aliphatic rings. The van der Waals surface area contributed by atoms with Crippen LogP contribution in [-0.2, 0) is 5.41 Å². The number of aromatic hydroxyl groups is 2. The summed E-state index contributed by atoms with van der Waals surface area (Å²) >= 11 is 0. The zero-order chi connectivity index (χ0) is 34.7. The van der Waals surface area contributed by atoms with Crippen LogP contribution in [0.3, 0.4) is 0 Å². The Bertz CT molecular complexity index is 1720. The van der Waals surface area contributed by atoms with Crippen molar-refractivity contribution in [3.8, 4) is 11.5 Å². The number of phenolic OH excluding ortho intramolecular Hbond substituents is 2. The minimum absolute atomic E-state index is 0.0131. The van der Waals surface area contributed by atoms with Gasteiger partial charge in [-0.1, -0.05) is 187 Å². The van der Waals surface area contributed by atoms with Gasteiger partial charge in [-0.3, -0.25) is 0 Å². The van der Waals surface area contributed by atoms with Crippen LogP contribution < -0.4 is 0 Å². The Balaban J connectivity index is 1.56. The van der Waals surface area contributed by atoms with Gasteiger partial charge in [0.15, 0.2) is 0 Å². The fraction of sp³-hybridized carbons (Fsp3) is 0.234. The summed E-state index contributed by atoms with van der Waals surface area (Å²) in [5.74, 6) is 0.660. The van der Waals surface area contributed by atoms with E-state index in [1.54, 1.807) is 0 Å². The van der Waals surface area contributed by atoms with Crippen molar-refractivity contribution in [1.29, 1.82) is 0 Å². The fourth-order valence-electron chi connectivity index (χ4n) is 7.25. The van der Waals surface area contributed by atoms with E-state index in [9.17, 15) is 10.2 Å². The topological polar surface area (TPSA) is 40.5 Å². The number of rotatable bonds is 10. The third-order valence-corrected chi connectivity index (χ3v) is 10.8. The Labute approximate surface area is 292 Å². The SMILES string of the molecule is CC(c1ccccc1)c1cc(C(C)(C)c2cc(C(C)c3ccccc3)c(O)c(C(C)c3ccccc3)c2)cc(C(C)c2ccccc2)c1O. The lowest BCUT2D eigenvalue weighted by Crippen LogP contribution is -2.21. The van der Waals surface area contributed by atoms with Crippen molar-refractivity contribution < 1.29 is 10.2 Å². The molecule has 6 aromatic rings. The predicted molar refractivity (Wildman–Crippen MR) is 204 cm³/mol. The van der Waals surface area contributed by atoms with Crippen LogP contribution in [0.25, 0.3) is 0 Å². The third-order valence-electron chi connectivity index (χ3n) is 10.8. The van der Waals surface area contributed by atoms with Crippen molar-refractivity contribution in [3.63, 3.8) is 0 Å². The molecule has 0 aromatic heterocycles. The number of hydrogen-bond acceptors (Lipinski definition) is 2. The third kappa shape index (κ3) is 6.78. The second kappa shape index (κ2) is 14.2. The molecule has 0 saturated carbocycles. The Kier molecular flexibility index (Phi) is 9.79. The van der Waals surface area contributed by atoms with E-state index in [1.807, 2.05) is 24.3 Å². The van der Waals surface area contributed by atoms with Crippen molar-refractivity contribution >= 4 is 0 Å². The van der Waals surface area contributed by atoms with Crippen LogP contribution >= 0.6 is 0 Å². The van der Waals surface area contributed by atoms with E-state index in [1.165, 1.54) is 0 Å². The standard InChI is InChI=1S/C47H48O2/c1-31(35-19-11-7-12-20-35)41-27-39(28-42(45(41)48)32(2)36-21-13-8-14-22-36)47(5,6)40-29-43(33(3)37-23-15-9-16-24-37)46(49)44(30-40)34(4)38-25-17-10-18-26-38/h7-34,48-49H,1-6H3. The monoisotopic (exact) mass is 644 g/mol. The van der Waals surface area contributed by atoms with Gasteiger partial charge >= 0.3 is 0 Å². The van der Waals surface area contributed by atoms with E-state index >= 15 is 0 Å². The van der Waals surface area contributed by atoms with Crippen LogP contribution in [0.4, 0.5) is 0 Å². The van der Waals surface area contributed by atoms with Gasteiger partial charge in [0, 0.05) is 51.3 Å². The maximum Gasteiger partial charge on any atom is 0.123 e. The lowest BCUT2D eigenvalue weighted by Gasteiger charge is -2.32. The molecule has 2 N–H and O–H groups in total. The number of phenols is 2. The fourth-order valence-corrected chi connectivity index (χ4v) is 7.25. The van der Waals surface area contributed by atoms with Gasteiger partial charge in [0.1, 0.15) is 11.5 Å². The van der Waals surface area contributed by atoms with Gasteiger partial charge in [0.25, 0.3) is 0 Å². The minimum atomic E-state index is -0.464. The van der Waals surface area contributed by atoms with Gasteiger partial charge < -0.3 is 10.2 Å². The summed E-state index contributed by atoms with van der Waals surface area (Å²) in [6, 6.07) is 50.5. The van der Waals surface area contributed by atoms with Crippen molar-refractivity contribution in [2.24, 2.45) is 0 Å². The van der Waals surface area contributed by atoms with E-state index in [4.69, 9.17) is 0 Å². The van der Waals surface area contributed by atoms with E-state index in [2.05, 4.69) is 163 Å². The molecule has 49 heavy (non-hydrogen) atoms. The molecule has 0 aliphatic carbocycles. The summed E-state index contributed by atoms with van der Waals surface area (Å²) in [6.07, 6.45) is 0. The van der Waals surface area contributed by atoms with E-state index in [-0.39, 0.29) is 23.7 Å². The van der Waals surface area contributed by atoms with Gasteiger partial charge in [-0.2, -0.15) is 0 Å². The summed E-state index contributed by atoms with van der Waals surface area (Å²) in [5.41, 5.74) is 10.1. The molecule has 0 fully saturated rings. The summed E-state index contributed by atoms with van der Waals surface area (Å²) in [5, 5.41) is 24.0. The molecule has 6 rings (SSSR count). The lowest BCUT2D eigenvalue weighted by molar-refractivity contribution is 0.454. The Morgan fingerprint density at radius 2 is 0.571 bits per heavy atom. The van der Waals surface area contributed by atoms with Gasteiger partial charge in [0.05, 0.1) is 0 Å². The highest BCUT2D eigenvalue weighted by atomic mass is 16.3. The molecular weight excluding hydrogens is 597 g/mol. The smallest absolute Gasteiger partial charge is 0.123 e. The summed E-state index contributed by atoms with van der Waals surface area (Å²) in [7, 11) is 0. The molecule has 4 atom stereocenters. The van der Waals surface area contributed by atoms with E-state index < -0.39 is 5.41 Å². The van der Waals surface area contributed by atoms with E-state index in [0.29, 0.717) is 11.5 Å². The van der Waals surface area contributed by atoms with E-state index in [0.717, 1.165) is 55.6 Å². The average Bonchev–Trinajstić information content (AvgIpc) is 3.15. The van der Waals surface area contributed by atoms with Gasteiger partial charge in [-0.05, 0) is 33.4 Å². The van der Waals surface area contributed by atoms with Gasteiger partial charge in [-0.15, -0.1) is 0 Å². The van der Waals surface area contributed by atoms with Gasteiger partial charge in [-0.25, -0.2) is 0 Å². The van der Waals surface area contributed by atoms with Crippen LogP contribution in [0, 0.1) is 0 Å². The van der Waals surface area contributed by atoms with Crippen LogP contribution in [0.2, 0.25) is 0 Å². The Morgan fingerprint density at radius 1 is 0.367 bits per heavy atom. The molecule has 4 unspecified atom stereocenters. The lowest BCUT2D eigenvalue weighted by atomic mass is 9.72. The number of hydrogen-bond donors (Lipinski definition) is 2. The highest BCUT2D eigenvalue weighted by molar-refractivity contribution is 5.58. The average molecular weight is 645 g/mol. The van der Waals surface area contributed by atoms with Crippen molar-refractivity contribution in [3.05, 3.63) is 201 Å². The molecule has 0 spiro atoms. The highest BCUT2D eigenvalue weighted by Gasteiger charge is 2.31. The maximum absolute atomic E-state index is 12.0. The Morgan fingerprint density at radius 3 is 0.776 bits per heavy atom. The number of benzene rings is 6. The maximum atomic E-state index is 12.0. The first-order valence-corrected chi connectivity index (χ1v) is 17.5. The van der Waals surface area contributed by atoms with Crippen molar-refractivity contribution in [2.75, 3.05) is 0 Å². The first-order valence-electron chi connectivity index (χ1n) is 17.5. The van der Waals surface area contributed by atoms with Crippen LogP contribution in [-0.4, -0.2) is 10.2 Å². The zero-order valence-corrected chi connectivity index (χ0v) is 29.6. The molecule has 2 nitrogen and oxygen atoms in total. The molecule has 0 aliphatic heterocycles. The molecule has 0 heterocycles.